The highest BCUT2D eigenvalue weighted by Gasteiger charge is 2.29. The van der Waals surface area contributed by atoms with Crippen LogP contribution in [0.5, 0.6) is 0 Å². The highest BCUT2D eigenvalue weighted by molar-refractivity contribution is 5.24. The molecule has 1 aliphatic rings. The van der Waals surface area contributed by atoms with Crippen LogP contribution in [0.1, 0.15) is 24.0 Å². The van der Waals surface area contributed by atoms with E-state index in [9.17, 15) is 13.2 Å². The van der Waals surface area contributed by atoms with Gasteiger partial charge in [0, 0.05) is 26.2 Å². The molecule has 0 radical (unpaired) electrons. The van der Waals surface area contributed by atoms with Crippen molar-refractivity contribution in [1.82, 2.24) is 10.2 Å². The molecule has 124 valence electrons. The van der Waals surface area contributed by atoms with Gasteiger partial charge in [-0.25, -0.2) is 0 Å². The topological polar surface area (TPSA) is 24.5 Å². The number of piperidine rings is 1. The van der Waals surface area contributed by atoms with Crippen LogP contribution in [0.15, 0.2) is 24.3 Å². The summed E-state index contributed by atoms with van der Waals surface area (Å²) in [5, 5.41) is 3.43. The number of halogens is 3. The summed E-state index contributed by atoms with van der Waals surface area (Å²) in [4.78, 5) is 2.37. The first-order valence-corrected chi connectivity index (χ1v) is 7.60. The quantitative estimate of drug-likeness (QED) is 0.873. The Morgan fingerprint density at radius 2 is 1.82 bits per heavy atom. The van der Waals surface area contributed by atoms with Crippen molar-refractivity contribution < 1.29 is 17.9 Å². The van der Waals surface area contributed by atoms with Gasteiger partial charge in [-0.2, -0.15) is 13.2 Å². The number of hydrogen-bond acceptors (Lipinski definition) is 3. The number of methoxy groups -OCH3 is 1. The molecule has 0 aliphatic carbocycles. The minimum atomic E-state index is -4.26. The lowest BCUT2D eigenvalue weighted by molar-refractivity contribution is -0.137. The van der Waals surface area contributed by atoms with Gasteiger partial charge >= 0.3 is 6.18 Å². The number of benzene rings is 1. The van der Waals surface area contributed by atoms with Crippen LogP contribution in [0.4, 0.5) is 13.2 Å². The molecule has 0 spiro atoms. The predicted octanol–water partition coefficient (Wildman–Crippen LogP) is 2.91. The molecule has 1 heterocycles. The number of hydrogen-bond donors (Lipinski definition) is 1. The fourth-order valence-corrected chi connectivity index (χ4v) is 2.65. The minimum absolute atomic E-state index is 0.432. The van der Waals surface area contributed by atoms with E-state index in [-0.39, 0.29) is 0 Å². The van der Waals surface area contributed by atoms with Crippen molar-refractivity contribution in [1.29, 1.82) is 0 Å². The maximum Gasteiger partial charge on any atom is 0.416 e. The molecule has 1 aromatic carbocycles. The highest BCUT2D eigenvalue weighted by atomic mass is 19.4. The number of nitrogens with zero attached hydrogens (tertiary/aromatic N) is 1. The van der Waals surface area contributed by atoms with Gasteiger partial charge in [0.1, 0.15) is 0 Å². The van der Waals surface area contributed by atoms with E-state index in [1.165, 1.54) is 0 Å². The molecule has 1 fully saturated rings. The van der Waals surface area contributed by atoms with E-state index in [2.05, 4.69) is 10.2 Å². The fraction of sp³-hybridized carbons (Fsp3) is 0.625. The van der Waals surface area contributed by atoms with Crippen LogP contribution in [0.2, 0.25) is 0 Å². The second kappa shape index (κ2) is 7.94. The Morgan fingerprint density at radius 3 is 2.36 bits per heavy atom. The lowest BCUT2D eigenvalue weighted by atomic mass is 10.0. The van der Waals surface area contributed by atoms with Gasteiger partial charge in [0.05, 0.1) is 12.2 Å². The summed E-state index contributed by atoms with van der Waals surface area (Å²) in [6.45, 7) is 4.40. The summed E-state index contributed by atoms with van der Waals surface area (Å²) in [6.07, 6.45) is -2.14. The van der Waals surface area contributed by atoms with Crippen LogP contribution in [0.25, 0.3) is 0 Å². The van der Waals surface area contributed by atoms with Crippen molar-refractivity contribution in [2.45, 2.75) is 31.6 Å². The highest BCUT2D eigenvalue weighted by Crippen LogP contribution is 2.29. The molecular formula is C16H23F3N2O. The summed E-state index contributed by atoms with van der Waals surface area (Å²) >= 11 is 0. The van der Waals surface area contributed by atoms with Gasteiger partial charge < -0.3 is 15.0 Å². The smallest absolute Gasteiger partial charge is 0.383 e. The zero-order valence-electron chi connectivity index (χ0n) is 12.8. The molecule has 1 saturated heterocycles. The van der Waals surface area contributed by atoms with Crippen LogP contribution in [-0.4, -0.2) is 44.3 Å². The Balaban J connectivity index is 1.73. The number of nitrogens with one attached hydrogen (secondary N) is 1. The van der Waals surface area contributed by atoms with Crippen LogP contribution in [0.3, 0.4) is 0 Å². The Bertz CT molecular complexity index is 440. The maximum absolute atomic E-state index is 12.5. The van der Waals surface area contributed by atoms with Crippen molar-refractivity contribution in [2.24, 2.45) is 0 Å². The van der Waals surface area contributed by atoms with E-state index in [4.69, 9.17) is 4.74 Å². The lowest BCUT2D eigenvalue weighted by Gasteiger charge is -2.32. The second-order valence-electron chi connectivity index (χ2n) is 5.68. The Kier molecular flexibility index (Phi) is 6.23. The first-order valence-electron chi connectivity index (χ1n) is 7.60. The third-order valence-corrected chi connectivity index (χ3v) is 4.08. The third kappa shape index (κ3) is 5.26. The van der Waals surface area contributed by atoms with Gasteiger partial charge in [-0.15, -0.1) is 0 Å². The van der Waals surface area contributed by atoms with Crippen LogP contribution < -0.4 is 5.32 Å². The van der Waals surface area contributed by atoms with E-state index in [0.717, 1.165) is 56.8 Å². The average molecular weight is 316 g/mol. The van der Waals surface area contributed by atoms with Gasteiger partial charge in [0.2, 0.25) is 0 Å². The first kappa shape index (κ1) is 17.2. The molecule has 1 N–H and O–H groups in total. The van der Waals surface area contributed by atoms with Crippen molar-refractivity contribution in [3.63, 3.8) is 0 Å². The molecule has 0 saturated carbocycles. The standard InChI is InChI=1S/C16H23F3N2O/c1-22-11-10-21-8-6-15(7-9-21)20-12-13-2-4-14(5-3-13)16(17,18)19/h2-5,15,20H,6-12H2,1H3. The molecule has 0 amide bonds. The SMILES string of the molecule is COCCN1CCC(NCc2ccc(C(F)(F)F)cc2)CC1. The summed E-state index contributed by atoms with van der Waals surface area (Å²) in [7, 11) is 1.71. The van der Waals surface area contributed by atoms with Crippen LogP contribution in [0, 0.1) is 0 Å². The summed E-state index contributed by atoms with van der Waals surface area (Å²) in [5.41, 5.74) is 0.289. The van der Waals surface area contributed by atoms with Gasteiger partial charge in [0.25, 0.3) is 0 Å². The Hall–Kier alpha value is -1.11. The predicted molar refractivity (Wildman–Crippen MR) is 79.6 cm³/mol. The molecule has 3 nitrogen and oxygen atoms in total. The van der Waals surface area contributed by atoms with E-state index in [1.807, 2.05) is 0 Å². The molecule has 1 aliphatic heterocycles. The van der Waals surface area contributed by atoms with Crippen molar-refractivity contribution >= 4 is 0 Å². The molecule has 22 heavy (non-hydrogen) atoms. The molecule has 2 rings (SSSR count). The molecule has 0 aromatic heterocycles. The van der Waals surface area contributed by atoms with Crippen molar-refractivity contribution in [3.8, 4) is 0 Å². The van der Waals surface area contributed by atoms with E-state index < -0.39 is 11.7 Å². The van der Waals surface area contributed by atoms with Crippen LogP contribution >= 0.6 is 0 Å². The number of likely N-dealkylation sites (tertiary alicyclic amines) is 1. The summed E-state index contributed by atoms with van der Waals surface area (Å²) in [6, 6.07) is 5.81. The molecule has 0 atom stereocenters. The van der Waals surface area contributed by atoms with Gasteiger partial charge in [-0.05, 0) is 43.6 Å². The monoisotopic (exact) mass is 316 g/mol. The molecule has 0 unspecified atom stereocenters. The maximum atomic E-state index is 12.5. The first-order chi connectivity index (χ1) is 10.5. The molecular weight excluding hydrogens is 293 g/mol. The zero-order chi connectivity index (χ0) is 16.0. The summed E-state index contributed by atoms with van der Waals surface area (Å²) < 4.78 is 42.5. The van der Waals surface area contributed by atoms with E-state index in [1.54, 1.807) is 19.2 Å². The third-order valence-electron chi connectivity index (χ3n) is 4.08. The normalized spacial score (nSPS) is 17.8. The lowest BCUT2D eigenvalue weighted by Crippen LogP contribution is -2.43. The van der Waals surface area contributed by atoms with Gasteiger partial charge in [-0.3, -0.25) is 0 Å². The van der Waals surface area contributed by atoms with Crippen LogP contribution in [-0.2, 0) is 17.5 Å². The van der Waals surface area contributed by atoms with Crippen molar-refractivity contribution in [3.05, 3.63) is 35.4 Å². The number of rotatable bonds is 6. The van der Waals surface area contributed by atoms with Gasteiger partial charge in [-0.1, -0.05) is 12.1 Å². The molecule has 1 aromatic rings. The fourth-order valence-electron chi connectivity index (χ4n) is 2.65. The Morgan fingerprint density at radius 1 is 1.18 bits per heavy atom. The van der Waals surface area contributed by atoms with Crippen molar-refractivity contribution in [2.75, 3.05) is 33.4 Å². The summed E-state index contributed by atoms with van der Waals surface area (Å²) in [5.74, 6) is 0. The molecule has 0 bridgehead atoms. The minimum Gasteiger partial charge on any atom is -0.383 e. The largest absolute Gasteiger partial charge is 0.416 e. The van der Waals surface area contributed by atoms with Gasteiger partial charge in [0.15, 0.2) is 0 Å². The average Bonchev–Trinajstić information content (AvgIpc) is 2.51. The zero-order valence-corrected chi connectivity index (χ0v) is 12.8. The Labute approximate surface area is 129 Å². The second-order valence-corrected chi connectivity index (χ2v) is 5.68. The number of ether oxygens (including phenoxy) is 1. The van der Waals surface area contributed by atoms with E-state index in [0.29, 0.717) is 12.6 Å². The molecule has 6 heteroatoms. The number of alkyl halides is 3. The van der Waals surface area contributed by atoms with E-state index >= 15 is 0 Å².